The molecule has 1 aromatic heterocycles. The zero-order chi connectivity index (χ0) is 13.3. The maximum absolute atomic E-state index is 12.0. The van der Waals surface area contributed by atoms with Crippen LogP contribution >= 0.6 is 0 Å². The SMILES string of the molecule is C=C(CC)C(=O)c1ccc2c(C)nc(=O)oc2c1. The van der Waals surface area contributed by atoms with Crippen molar-refractivity contribution in [3.63, 3.8) is 0 Å². The van der Waals surface area contributed by atoms with Gasteiger partial charge in [-0.05, 0) is 31.1 Å². The molecule has 4 heteroatoms. The highest BCUT2D eigenvalue weighted by Crippen LogP contribution is 2.19. The summed E-state index contributed by atoms with van der Waals surface area (Å²) >= 11 is 0. The number of nitrogens with zero attached hydrogens (tertiary/aromatic N) is 1. The Morgan fingerprint density at radius 3 is 2.83 bits per heavy atom. The summed E-state index contributed by atoms with van der Waals surface area (Å²) in [5.41, 5.74) is 1.97. The lowest BCUT2D eigenvalue weighted by Gasteiger charge is -2.04. The molecule has 4 nitrogen and oxygen atoms in total. The molecular formula is C14H13NO3. The standard InChI is InChI=1S/C14H13NO3/c1-4-8(2)13(16)10-5-6-11-9(3)15-14(17)18-12(11)7-10/h5-7H,2,4H2,1,3H3. The summed E-state index contributed by atoms with van der Waals surface area (Å²) in [6.45, 7) is 7.31. The molecule has 0 atom stereocenters. The van der Waals surface area contributed by atoms with E-state index in [1.165, 1.54) is 0 Å². The van der Waals surface area contributed by atoms with Crippen LogP contribution in [0.25, 0.3) is 11.0 Å². The van der Waals surface area contributed by atoms with Crippen molar-refractivity contribution in [1.29, 1.82) is 0 Å². The van der Waals surface area contributed by atoms with Crippen LogP contribution in [0.15, 0.2) is 39.6 Å². The van der Waals surface area contributed by atoms with Crippen LogP contribution in [0.2, 0.25) is 0 Å². The normalized spacial score (nSPS) is 10.6. The van der Waals surface area contributed by atoms with Crippen molar-refractivity contribution in [2.45, 2.75) is 20.3 Å². The highest BCUT2D eigenvalue weighted by Gasteiger charge is 2.11. The Kier molecular flexibility index (Phi) is 3.10. The minimum Gasteiger partial charge on any atom is -0.408 e. The van der Waals surface area contributed by atoms with E-state index in [2.05, 4.69) is 11.6 Å². The van der Waals surface area contributed by atoms with Gasteiger partial charge in [-0.2, -0.15) is 4.98 Å². The maximum Gasteiger partial charge on any atom is 0.439 e. The molecule has 18 heavy (non-hydrogen) atoms. The molecule has 92 valence electrons. The number of carbonyl (C=O) groups excluding carboxylic acids is 1. The van der Waals surface area contributed by atoms with E-state index in [0.29, 0.717) is 28.8 Å². The van der Waals surface area contributed by atoms with E-state index in [-0.39, 0.29) is 5.78 Å². The molecule has 0 unspecified atom stereocenters. The Balaban J connectivity index is 2.61. The van der Waals surface area contributed by atoms with Gasteiger partial charge in [0, 0.05) is 10.9 Å². The van der Waals surface area contributed by atoms with Crippen LogP contribution in [-0.4, -0.2) is 10.8 Å². The molecule has 0 spiro atoms. The van der Waals surface area contributed by atoms with Gasteiger partial charge in [0.15, 0.2) is 5.78 Å². The number of fused-ring (bicyclic) bond motifs is 1. The molecule has 2 rings (SSSR count). The van der Waals surface area contributed by atoms with Gasteiger partial charge in [-0.1, -0.05) is 19.6 Å². The number of aromatic nitrogens is 1. The lowest BCUT2D eigenvalue weighted by Crippen LogP contribution is -2.07. The molecule has 0 bridgehead atoms. The van der Waals surface area contributed by atoms with E-state index < -0.39 is 5.76 Å². The van der Waals surface area contributed by atoms with Crippen LogP contribution in [0.1, 0.15) is 29.4 Å². The summed E-state index contributed by atoms with van der Waals surface area (Å²) in [5.74, 6) is -0.782. The lowest BCUT2D eigenvalue weighted by molar-refractivity contribution is 0.103. The lowest BCUT2D eigenvalue weighted by atomic mass is 10.0. The van der Waals surface area contributed by atoms with Crippen molar-refractivity contribution in [3.05, 3.63) is 52.2 Å². The van der Waals surface area contributed by atoms with Crippen LogP contribution in [0, 0.1) is 6.92 Å². The summed E-state index contributed by atoms with van der Waals surface area (Å²) < 4.78 is 5.00. The van der Waals surface area contributed by atoms with Gasteiger partial charge in [-0.15, -0.1) is 0 Å². The fourth-order valence-electron chi connectivity index (χ4n) is 1.73. The van der Waals surface area contributed by atoms with Gasteiger partial charge >= 0.3 is 5.76 Å². The van der Waals surface area contributed by atoms with Gasteiger partial charge in [0.25, 0.3) is 0 Å². The number of Topliss-reactive ketones (excluding diaryl/α,β-unsaturated/α-hetero) is 1. The second-order valence-electron chi connectivity index (χ2n) is 4.06. The van der Waals surface area contributed by atoms with Gasteiger partial charge in [-0.3, -0.25) is 4.79 Å². The van der Waals surface area contributed by atoms with Crippen LogP contribution < -0.4 is 5.76 Å². The number of hydrogen-bond acceptors (Lipinski definition) is 4. The zero-order valence-corrected chi connectivity index (χ0v) is 10.3. The molecule has 0 aliphatic heterocycles. The van der Waals surface area contributed by atoms with Crippen molar-refractivity contribution in [2.24, 2.45) is 0 Å². The third kappa shape index (κ3) is 2.09. The first-order chi connectivity index (χ1) is 8.52. The number of benzene rings is 1. The van der Waals surface area contributed by atoms with Crippen molar-refractivity contribution in [3.8, 4) is 0 Å². The second-order valence-corrected chi connectivity index (χ2v) is 4.06. The van der Waals surface area contributed by atoms with Gasteiger partial charge in [0.05, 0.1) is 5.69 Å². The van der Waals surface area contributed by atoms with Gasteiger partial charge < -0.3 is 4.42 Å². The van der Waals surface area contributed by atoms with Crippen molar-refractivity contribution < 1.29 is 9.21 Å². The smallest absolute Gasteiger partial charge is 0.408 e. The minimum absolute atomic E-state index is 0.128. The molecule has 0 amide bonds. The predicted molar refractivity (Wildman–Crippen MR) is 68.8 cm³/mol. The number of ketones is 1. The van der Waals surface area contributed by atoms with Crippen LogP contribution in [0.3, 0.4) is 0 Å². The average molecular weight is 243 g/mol. The largest absolute Gasteiger partial charge is 0.439 e. The molecule has 0 fully saturated rings. The van der Waals surface area contributed by atoms with E-state index in [1.807, 2.05) is 6.92 Å². The van der Waals surface area contributed by atoms with Crippen LogP contribution in [-0.2, 0) is 0 Å². The molecule has 1 heterocycles. The molecule has 1 aromatic carbocycles. The molecule has 0 aliphatic carbocycles. The minimum atomic E-state index is -0.654. The first-order valence-electron chi connectivity index (χ1n) is 5.67. The average Bonchev–Trinajstić information content (AvgIpc) is 2.36. The summed E-state index contributed by atoms with van der Waals surface area (Å²) in [7, 11) is 0. The summed E-state index contributed by atoms with van der Waals surface area (Å²) in [6, 6.07) is 4.99. The Labute approximate surface area is 104 Å². The maximum atomic E-state index is 12.0. The first-order valence-corrected chi connectivity index (χ1v) is 5.67. The predicted octanol–water partition coefficient (Wildman–Crippen LogP) is 2.65. The van der Waals surface area contributed by atoms with Gasteiger partial charge in [0.2, 0.25) is 0 Å². The monoisotopic (exact) mass is 243 g/mol. The van der Waals surface area contributed by atoms with E-state index in [0.717, 1.165) is 5.39 Å². The van der Waals surface area contributed by atoms with Crippen molar-refractivity contribution in [1.82, 2.24) is 4.98 Å². The topological polar surface area (TPSA) is 60.2 Å². The molecule has 0 aliphatic rings. The van der Waals surface area contributed by atoms with Crippen molar-refractivity contribution >= 4 is 16.8 Å². The van der Waals surface area contributed by atoms with Crippen molar-refractivity contribution in [2.75, 3.05) is 0 Å². The molecule has 0 saturated carbocycles. The highest BCUT2D eigenvalue weighted by atomic mass is 16.4. The Bertz CT molecular complexity index is 698. The summed E-state index contributed by atoms with van der Waals surface area (Å²) in [5, 5.41) is 0.730. The van der Waals surface area contributed by atoms with E-state index >= 15 is 0 Å². The highest BCUT2D eigenvalue weighted by molar-refractivity contribution is 6.09. The summed E-state index contributed by atoms with van der Waals surface area (Å²) in [6.07, 6.45) is 0.593. The quantitative estimate of drug-likeness (QED) is 0.614. The van der Waals surface area contributed by atoms with E-state index in [1.54, 1.807) is 25.1 Å². The number of rotatable bonds is 3. The third-order valence-corrected chi connectivity index (χ3v) is 2.84. The zero-order valence-electron chi connectivity index (χ0n) is 10.3. The molecule has 0 radical (unpaired) electrons. The number of aryl methyl sites for hydroxylation is 1. The first kappa shape index (κ1) is 12.2. The fraction of sp³-hybridized carbons (Fsp3) is 0.214. The third-order valence-electron chi connectivity index (χ3n) is 2.84. The Hall–Kier alpha value is -2.23. The number of allylic oxidation sites excluding steroid dienone is 1. The van der Waals surface area contributed by atoms with E-state index in [9.17, 15) is 9.59 Å². The van der Waals surface area contributed by atoms with Gasteiger partial charge in [0.1, 0.15) is 5.58 Å². The molecule has 2 aromatic rings. The Morgan fingerprint density at radius 1 is 1.44 bits per heavy atom. The molecular weight excluding hydrogens is 230 g/mol. The van der Waals surface area contributed by atoms with Crippen LogP contribution in [0.4, 0.5) is 0 Å². The fourth-order valence-corrected chi connectivity index (χ4v) is 1.73. The Morgan fingerprint density at radius 2 is 2.17 bits per heavy atom. The van der Waals surface area contributed by atoms with E-state index in [4.69, 9.17) is 4.42 Å². The molecule has 0 N–H and O–H groups in total. The number of hydrogen-bond donors (Lipinski definition) is 0. The van der Waals surface area contributed by atoms with Gasteiger partial charge in [-0.25, -0.2) is 4.79 Å². The second kappa shape index (κ2) is 4.56. The molecule has 0 saturated heterocycles. The summed E-state index contributed by atoms with van der Waals surface area (Å²) in [4.78, 5) is 26.9. The van der Waals surface area contributed by atoms with Crippen LogP contribution in [0.5, 0.6) is 0 Å². The number of carbonyl (C=O) groups is 1.